The molecule has 2 N–H and O–H groups in total. The largest absolute Gasteiger partial charge is 0.478 e. The molecule has 0 saturated carbocycles. The van der Waals surface area contributed by atoms with Gasteiger partial charge in [-0.05, 0) is 55.4 Å². The number of halogens is 5. The average molecular weight is 600 g/mol. The maximum Gasteiger partial charge on any atom is 0.336 e. The smallest absolute Gasteiger partial charge is 0.336 e. The Balaban J connectivity index is 0.00000228. The van der Waals surface area contributed by atoms with E-state index in [1.165, 1.54) is 24.3 Å². The molecular formula is C23H27Cl3F2N4O4S. The van der Waals surface area contributed by atoms with Gasteiger partial charge in [0.05, 0.1) is 11.1 Å². The van der Waals surface area contributed by atoms with E-state index in [0.717, 1.165) is 38.2 Å². The van der Waals surface area contributed by atoms with Gasteiger partial charge in [-0.15, -0.1) is 37.2 Å². The Kier molecular flexibility index (Phi) is 11.8. The number of aromatic carboxylic acids is 1. The van der Waals surface area contributed by atoms with Gasteiger partial charge >= 0.3 is 5.97 Å². The van der Waals surface area contributed by atoms with Crippen molar-refractivity contribution < 1.29 is 27.1 Å². The van der Waals surface area contributed by atoms with E-state index in [-0.39, 0.29) is 53.9 Å². The normalized spacial score (nSPS) is 13.8. The summed E-state index contributed by atoms with van der Waals surface area (Å²) in [5.74, 6) is -2.65. The molecule has 0 spiro atoms. The SMILES string of the molecule is CCCN1CCN(c2cc(C(=O)O)c3cc(NS(=O)(=O)c4cc(F)ccc4F)ccc3n2)CC1.Cl.Cl.Cl. The summed E-state index contributed by atoms with van der Waals surface area (Å²) in [5.41, 5.74) is 0.348. The molecule has 204 valence electrons. The number of piperazine rings is 1. The fraction of sp³-hybridized carbons (Fsp3) is 0.304. The zero-order valence-electron chi connectivity index (χ0n) is 19.7. The number of carboxylic acids is 1. The number of nitrogens with one attached hydrogen (secondary N) is 1. The molecule has 2 heterocycles. The zero-order valence-corrected chi connectivity index (χ0v) is 23.0. The number of anilines is 2. The highest BCUT2D eigenvalue weighted by molar-refractivity contribution is 7.92. The maximum atomic E-state index is 14.0. The van der Waals surface area contributed by atoms with Gasteiger partial charge in [0, 0.05) is 37.3 Å². The predicted molar refractivity (Wildman–Crippen MR) is 147 cm³/mol. The average Bonchev–Trinajstić information content (AvgIpc) is 2.80. The van der Waals surface area contributed by atoms with Crippen molar-refractivity contribution in [3.8, 4) is 0 Å². The van der Waals surface area contributed by atoms with Crippen LogP contribution >= 0.6 is 37.2 Å². The van der Waals surface area contributed by atoms with Crippen LogP contribution in [-0.2, 0) is 10.0 Å². The maximum absolute atomic E-state index is 14.0. The van der Waals surface area contributed by atoms with E-state index in [2.05, 4.69) is 21.5 Å². The van der Waals surface area contributed by atoms with Crippen molar-refractivity contribution in [1.82, 2.24) is 9.88 Å². The van der Waals surface area contributed by atoms with Gasteiger partial charge in [-0.25, -0.2) is 27.0 Å². The van der Waals surface area contributed by atoms with Crippen LogP contribution in [0.3, 0.4) is 0 Å². The van der Waals surface area contributed by atoms with Crippen LogP contribution in [0.5, 0.6) is 0 Å². The monoisotopic (exact) mass is 598 g/mol. The van der Waals surface area contributed by atoms with Gasteiger partial charge < -0.3 is 10.0 Å². The minimum absolute atomic E-state index is 0. The van der Waals surface area contributed by atoms with E-state index in [4.69, 9.17) is 0 Å². The summed E-state index contributed by atoms with van der Waals surface area (Å²) in [6.45, 7) is 6.28. The Morgan fingerprint density at radius 3 is 2.32 bits per heavy atom. The van der Waals surface area contributed by atoms with Gasteiger partial charge in [0.25, 0.3) is 10.0 Å². The Morgan fingerprint density at radius 1 is 1.03 bits per heavy atom. The zero-order chi connectivity index (χ0) is 24.5. The molecule has 1 fully saturated rings. The molecule has 2 aromatic carbocycles. The molecule has 0 bridgehead atoms. The van der Waals surface area contributed by atoms with Gasteiger partial charge in [-0.2, -0.15) is 0 Å². The first-order chi connectivity index (χ1) is 16.2. The molecule has 0 unspecified atom stereocenters. The number of hydrogen-bond donors (Lipinski definition) is 2. The third kappa shape index (κ3) is 7.32. The Hall–Kier alpha value is -2.44. The first-order valence-electron chi connectivity index (χ1n) is 10.8. The Bertz CT molecular complexity index is 1360. The van der Waals surface area contributed by atoms with E-state index >= 15 is 0 Å². The van der Waals surface area contributed by atoms with Crippen molar-refractivity contribution in [3.63, 3.8) is 0 Å². The van der Waals surface area contributed by atoms with E-state index in [1.807, 2.05) is 4.90 Å². The van der Waals surface area contributed by atoms with Crippen molar-refractivity contribution in [2.24, 2.45) is 0 Å². The van der Waals surface area contributed by atoms with Crippen LogP contribution < -0.4 is 9.62 Å². The molecule has 4 rings (SSSR count). The van der Waals surface area contributed by atoms with E-state index in [9.17, 15) is 27.1 Å². The molecule has 14 heteroatoms. The third-order valence-corrected chi connectivity index (χ3v) is 7.09. The Labute approximate surface area is 232 Å². The first kappa shape index (κ1) is 32.6. The van der Waals surface area contributed by atoms with Crippen LogP contribution in [0.15, 0.2) is 47.4 Å². The highest BCUT2D eigenvalue weighted by Gasteiger charge is 2.23. The van der Waals surface area contributed by atoms with Crippen LogP contribution in [-0.4, -0.2) is 62.1 Å². The summed E-state index contributed by atoms with van der Waals surface area (Å²) in [6, 6.07) is 7.82. The summed E-state index contributed by atoms with van der Waals surface area (Å²) in [7, 11) is -4.45. The molecule has 0 radical (unpaired) electrons. The minimum Gasteiger partial charge on any atom is -0.478 e. The lowest BCUT2D eigenvalue weighted by Crippen LogP contribution is -2.46. The number of pyridine rings is 1. The van der Waals surface area contributed by atoms with Crippen LogP contribution in [0.25, 0.3) is 10.9 Å². The predicted octanol–water partition coefficient (Wildman–Crippen LogP) is 4.81. The van der Waals surface area contributed by atoms with Gasteiger partial charge in [0.15, 0.2) is 0 Å². The lowest BCUT2D eigenvalue weighted by molar-refractivity contribution is 0.0699. The molecule has 1 aromatic heterocycles. The molecule has 8 nitrogen and oxygen atoms in total. The number of sulfonamides is 1. The highest BCUT2D eigenvalue weighted by atomic mass is 35.5. The molecule has 37 heavy (non-hydrogen) atoms. The number of fused-ring (bicyclic) bond motifs is 1. The van der Waals surface area contributed by atoms with Crippen molar-refractivity contribution in [1.29, 1.82) is 0 Å². The molecular weight excluding hydrogens is 573 g/mol. The van der Waals surface area contributed by atoms with E-state index < -0.39 is 32.5 Å². The van der Waals surface area contributed by atoms with Gasteiger partial charge in [0.1, 0.15) is 22.3 Å². The third-order valence-electron chi connectivity index (χ3n) is 5.70. The number of aromatic nitrogens is 1. The molecule has 0 aliphatic carbocycles. The van der Waals surface area contributed by atoms with Crippen LogP contribution in [0, 0.1) is 11.6 Å². The Morgan fingerprint density at radius 2 is 1.70 bits per heavy atom. The van der Waals surface area contributed by atoms with E-state index in [0.29, 0.717) is 30.5 Å². The number of hydrogen-bond acceptors (Lipinski definition) is 6. The number of rotatable bonds is 7. The standard InChI is InChI=1S/C23H24F2N4O4S.3ClH/c1-2-7-28-8-10-29(11-9-28)22-14-18(23(30)31)17-13-16(4-6-20(17)26-22)27-34(32,33)21-12-15(24)3-5-19(21)25;;;/h3-6,12-14,27H,2,7-11H2,1H3,(H,30,31);3*1H. The van der Waals surface area contributed by atoms with Crippen molar-refractivity contribution in [2.45, 2.75) is 18.2 Å². The fourth-order valence-electron chi connectivity index (χ4n) is 4.02. The highest BCUT2D eigenvalue weighted by Crippen LogP contribution is 2.28. The van der Waals surface area contributed by atoms with Gasteiger partial charge in [0.2, 0.25) is 0 Å². The summed E-state index contributed by atoms with van der Waals surface area (Å²) in [4.78, 5) is 20.1. The van der Waals surface area contributed by atoms with Crippen molar-refractivity contribution in [3.05, 3.63) is 59.7 Å². The fourth-order valence-corrected chi connectivity index (χ4v) is 5.16. The van der Waals surface area contributed by atoms with Gasteiger partial charge in [-0.3, -0.25) is 9.62 Å². The minimum atomic E-state index is -4.45. The summed E-state index contributed by atoms with van der Waals surface area (Å²) >= 11 is 0. The van der Waals surface area contributed by atoms with Crippen molar-refractivity contribution in [2.75, 3.05) is 42.3 Å². The van der Waals surface area contributed by atoms with Crippen molar-refractivity contribution >= 4 is 75.6 Å². The summed E-state index contributed by atoms with van der Waals surface area (Å²) in [5, 5.41) is 10.0. The molecule has 1 aliphatic heterocycles. The van der Waals surface area contributed by atoms with Gasteiger partial charge in [-0.1, -0.05) is 6.92 Å². The second-order valence-electron chi connectivity index (χ2n) is 8.07. The summed E-state index contributed by atoms with van der Waals surface area (Å²) in [6.07, 6.45) is 1.06. The second kappa shape index (κ2) is 13.4. The van der Waals surface area contributed by atoms with Crippen LogP contribution in [0.2, 0.25) is 0 Å². The first-order valence-corrected chi connectivity index (χ1v) is 12.3. The quantitative estimate of drug-likeness (QED) is 0.402. The number of benzene rings is 2. The lowest BCUT2D eigenvalue weighted by Gasteiger charge is -2.35. The molecule has 3 aromatic rings. The second-order valence-corrected chi connectivity index (χ2v) is 9.72. The number of nitrogens with zero attached hydrogens (tertiary/aromatic N) is 3. The summed E-state index contributed by atoms with van der Waals surface area (Å²) < 4.78 is 54.9. The number of carboxylic acid groups (broad SMARTS) is 1. The lowest BCUT2D eigenvalue weighted by atomic mass is 10.1. The van der Waals surface area contributed by atoms with Crippen LogP contribution in [0.4, 0.5) is 20.3 Å². The number of carbonyl (C=O) groups is 1. The molecule has 1 saturated heterocycles. The van der Waals surface area contributed by atoms with Crippen LogP contribution in [0.1, 0.15) is 23.7 Å². The topological polar surface area (TPSA) is 103 Å². The molecule has 0 atom stereocenters. The molecule has 0 amide bonds. The molecule has 1 aliphatic rings. The van der Waals surface area contributed by atoms with E-state index in [1.54, 1.807) is 0 Å².